The molecule has 168 valence electrons. The fourth-order valence-corrected chi connectivity index (χ4v) is 6.68. The van der Waals surface area contributed by atoms with Gasteiger partial charge in [0.15, 0.2) is 0 Å². The number of aromatic nitrogens is 2. The van der Waals surface area contributed by atoms with Gasteiger partial charge >= 0.3 is 0 Å². The number of pyridine rings is 1. The van der Waals surface area contributed by atoms with E-state index in [0.717, 1.165) is 32.4 Å². The Morgan fingerprint density at radius 3 is 2.71 bits per heavy atom. The van der Waals surface area contributed by atoms with Crippen LogP contribution in [-0.2, 0) is 10.2 Å². The number of hydrogen-bond acceptors (Lipinski definition) is 3. The molecule has 0 aromatic carbocycles. The van der Waals surface area contributed by atoms with Crippen LogP contribution in [0.25, 0.3) is 0 Å². The Morgan fingerprint density at radius 1 is 1.13 bits per heavy atom. The molecule has 5 rings (SSSR count). The van der Waals surface area contributed by atoms with E-state index >= 15 is 0 Å². The minimum atomic E-state index is 0.0924. The van der Waals surface area contributed by atoms with E-state index in [1.165, 1.54) is 43.5 Å². The highest BCUT2D eigenvalue weighted by Gasteiger charge is 2.48. The predicted octanol–water partition coefficient (Wildman–Crippen LogP) is 5.96. The summed E-state index contributed by atoms with van der Waals surface area (Å²) in [6.45, 7) is 8.99. The summed E-state index contributed by atoms with van der Waals surface area (Å²) >= 11 is 0. The first kappa shape index (κ1) is 21.2. The van der Waals surface area contributed by atoms with Gasteiger partial charge in [0, 0.05) is 47.9 Å². The lowest BCUT2D eigenvalue weighted by atomic mass is 9.68. The van der Waals surface area contributed by atoms with Crippen LogP contribution in [0.3, 0.4) is 0 Å². The van der Waals surface area contributed by atoms with Gasteiger partial charge in [-0.05, 0) is 74.8 Å². The van der Waals surface area contributed by atoms with E-state index in [-0.39, 0.29) is 16.4 Å². The van der Waals surface area contributed by atoms with Gasteiger partial charge in [0.25, 0.3) is 0 Å². The molecule has 2 fully saturated rings. The fraction of sp³-hybridized carbons (Fsp3) is 0.667. The molecule has 0 amide bonds. The maximum atomic E-state index is 6.42. The van der Waals surface area contributed by atoms with Crippen LogP contribution in [0.5, 0.6) is 0 Å². The molecule has 4 heteroatoms. The second kappa shape index (κ2) is 8.04. The Morgan fingerprint density at radius 2 is 1.97 bits per heavy atom. The molecule has 0 radical (unpaired) electrons. The molecule has 4 heterocycles. The summed E-state index contributed by atoms with van der Waals surface area (Å²) in [5.41, 5.74) is 3.21. The van der Waals surface area contributed by atoms with Crippen molar-refractivity contribution in [1.82, 2.24) is 14.9 Å². The number of fused-ring (bicyclic) bond motifs is 1. The Bertz CT molecular complexity index is 877. The van der Waals surface area contributed by atoms with Crippen molar-refractivity contribution in [2.75, 3.05) is 13.2 Å². The van der Waals surface area contributed by atoms with E-state index in [0.29, 0.717) is 12.1 Å². The largest absolute Gasteiger partial charge is 0.375 e. The Kier molecular flexibility index (Phi) is 5.50. The van der Waals surface area contributed by atoms with Gasteiger partial charge in [-0.3, -0.25) is 4.98 Å². The summed E-state index contributed by atoms with van der Waals surface area (Å²) in [4.78, 5) is 4.86. The second-order valence-corrected chi connectivity index (χ2v) is 11.4. The van der Waals surface area contributed by atoms with Gasteiger partial charge in [-0.15, -0.1) is 0 Å². The molecule has 2 aliphatic heterocycles. The molecule has 1 saturated heterocycles. The molecule has 1 spiro atoms. The van der Waals surface area contributed by atoms with Crippen molar-refractivity contribution < 1.29 is 4.74 Å². The number of ether oxygens (including phenoxy) is 1. The summed E-state index contributed by atoms with van der Waals surface area (Å²) in [6, 6.07) is 12.0. The maximum Gasteiger partial charge on any atom is 0.0691 e. The van der Waals surface area contributed by atoms with E-state index in [4.69, 9.17) is 9.72 Å². The van der Waals surface area contributed by atoms with Gasteiger partial charge in [-0.1, -0.05) is 39.7 Å². The summed E-state index contributed by atoms with van der Waals surface area (Å²) in [6.07, 6.45) is 13.8. The van der Waals surface area contributed by atoms with Crippen LogP contribution in [0.1, 0.15) is 95.6 Å². The monoisotopic (exact) mass is 421 g/mol. The van der Waals surface area contributed by atoms with Gasteiger partial charge in [0.05, 0.1) is 5.60 Å². The van der Waals surface area contributed by atoms with E-state index < -0.39 is 0 Å². The molecule has 0 bridgehead atoms. The summed E-state index contributed by atoms with van der Waals surface area (Å²) in [5.74, 6) is 0. The van der Waals surface area contributed by atoms with Crippen molar-refractivity contribution in [2.24, 2.45) is 5.41 Å². The summed E-state index contributed by atoms with van der Waals surface area (Å²) in [5, 5.41) is 3.96. The van der Waals surface area contributed by atoms with Crippen molar-refractivity contribution >= 4 is 0 Å². The van der Waals surface area contributed by atoms with E-state index in [1.54, 1.807) is 0 Å². The van der Waals surface area contributed by atoms with Gasteiger partial charge in [0.2, 0.25) is 0 Å². The lowest BCUT2D eigenvalue weighted by molar-refractivity contribution is -0.104. The highest BCUT2D eigenvalue weighted by molar-refractivity contribution is 5.22. The van der Waals surface area contributed by atoms with Crippen molar-refractivity contribution in [2.45, 2.75) is 95.2 Å². The van der Waals surface area contributed by atoms with Gasteiger partial charge in [-0.25, -0.2) is 0 Å². The van der Waals surface area contributed by atoms with Crippen LogP contribution in [0.4, 0.5) is 0 Å². The Labute approximate surface area is 187 Å². The zero-order valence-corrected chi connectivity index (χ0v) is 19.6. The number of hydrogen-bond donors (Lipinski definition) is 1. The standard InChI is InChI=1S/C27H39N3O/c1-25(2,3)24-19-21(22-9-8-17-30(22)24)28-16-13-26(23-10-4-7-15-29-23)14-18-31-27(20-26)11-5-6-12-27/h4,7-10,15,17,21,24,28H,5-6,11-14,16,18-20H2,1-3H3/t21-,24+,26+/m0/s1. The lowest BCUT2D eigenvalue weighted by Crippen LogP contribution is -2.47. The number of nitrogens with one attached hydrogen (secondary N) is 1. The molecule has 1 N–H and O–H groups in total. The average molecular weight is 422 g/mol. The van der Waals surface area contributed by atoms with Crippen LogP contribution < -0.4 is 5.32 Å². The quantitative estimate of drug-likeness (QED) is 0.648. The third kappa shape index (κ3) is 3.98. The Hall–Kier alpha value is -1.65. The van der Waals surface area contributed by atoms with E-state index in [2.05, 4.69) is 61.1 Å². The first-order valence-electron chi connectivity index (χ1n) is 12.4. The smallest absolute Gasteiger partial charge is 0.0691 e. The van der Waals surface area contributed by atoms with Crippen molar-refractivity contribution in [3.8, 4) is 0 Å². The molecule has 1 saturated carbocycles. The molecule has 2 aromatic rings. The molecule has 3 aliphatic rings. The molecule has 0 unspecified atom stereocenters. The van der Waals surface area contributed by atoms with Crippen LogP contribution in [0, 0.1) is 5.41 Å². The molecule has 3 atom stereocenters. The topological polar surface area (TPSA) is 39.1 Å². The zero-order valence-electron chi connectivity index (χ0n) is 19.6. The third-order valence-corrected chi connectivity index (χ3v) is 8.33. The lowest BCUT2D eigenvalue weighted by Gasteiger charge is -2.46. The number of nitrogens with zero attached hydrogens (tertiary/aromatic N) is 2. The van der Waals surface area contributed by atoms with E-state index in [9.17, 15) is 0 Å². The normalized spacial score (nSPS) is 30.0. The highest BCUT2D eigenvalue weighted by atomic mass is 16.5. The molecule has 31 heavy (non-hydrogen) atoms. The fourth-order valence-electron chi connectivity index (χ4n) is 6.68. The molecule has 1 aliphatic carbocycles. The van der Waals surface area contributed by atoms with Crippen molar-refractivity contribution in [1.29, 1.82) is 0 Å². The molecular formula is C27H39N3O. The van der Waals surface area contributed by atoms with Gasteiger partial charge in [0.1, 0.15) is 0 Å². The second-order valence-electron chi connectivity index (χ2n) is 11.4. The molecular weight excluding hydrogens is 382 g/mol. The minimum Gasteiger partial charge on any atom is -0.375 e. The SMILES string of the molecule is CC(C)(C)[C@H]1C[C@H](NCC[C@@]2(c3ccccn3)CCOC3(CCCC3)C2)c2cccn21. The van der Waals surface area contributed by atoms with Crippen LogP contribution in [-0.4, -0.2) is 28.3 Å². The average Bonchev–Trinajstić information content (AvgIpc) is 3.47. The number of rotatable bonds is 5. The van der Waals surface area contributed by atoms with Crippen molar-refractivity contribution in [3.63, 3.8) is 0 Å². The predicted molar refractivity (Wildman–Crippen MR) is 125 cm³/mol. The first-order valence-corrected chi connectivity index (χ1v) is 12.4. The third-order valence-electron chi connectivity index (χ3n) is 8.33. The molecule has 4 nitrogen and oxygen atoms in total. The van der Waals surface area contributed by atoms with Crippen molar-refractivity contribution in [3.05, 3.63) is 54.1 Å². The first-order chi connectivity index (χ1) is 14.9. The van der Waals surface area contributed by atoms with Crippen LogP contribution in [0.2, 0.25) is 0 Å². The van der Waals surface area contributed by atoms with E-state index in [1.807, 2.05) is 12.3 Å². The van der Waals surface area contributed by atoms with Gasteiger partial charge in [-0.2, -0.15) is 0 Å². The minimum absolute atomic E-state index is 0.0924. The van der Waals surface area contributed by atoms with Crippen LogP contribution >= 0.6 is 0 Å². The molecule has 2 aromatic heterocycles. The maximum absolute atomic E-state index is 6.42. The Balaban J connectivity index is 1.32. The summed E-state index contributed by atoms with van der Waals surface area (Å²) in [7, 11) is 0. The van der Waals surface area contributed by atoms with Crippen LogP contribution in [0.15, 0.2) is 42.7 Å². The zero-order chi connectivity index (χ0) is 21.5. The van der Waals surface area contributed by atoms with Gasteiger partial charge < -0.3 is 14.6 Å². The highest BCUT2D eigenvalue weighted by Crippen LogP contribution is 2.50. The summed E-state index contributed by atoms with van der Waals surface area (Å²) < 4.78 is 8.93.